The predicted octanol–water partition coefficient (Wildman–Crippen LogP) is 3.47. The fourth-order valence-corrected chi connectivity index (χ4v) is 3.17. The van der Waals surface area contributed by atoms with Gasteiger partial charge >= 0.3 is 5.97 Å². The molecule has 0 radical (unpaired) electrons. The Morgan fingerprint density at radius 3 is 2.44 bits per heavy atom. The van der Waals surface area contributed by atoms with Gasteiger partial charge in [-0.25, -0.2) is 0 Å². The second-order valence-corrected chi connectivity index (χ2v) is 6.30. The number of ether oxygens (including phenoxy) is 1. The molecule has 0 amide bonds. The summed E-state index contributed by atoms with van der Waals surface area (Å²) in [5.41, 5.74) is -0.449. The van der Waals surface area contributed by atoms with Crippen molar-refractivity contribution >= 4 is 5.97 Å². The minimum Gasteiger partial charge on any atom is -0.481 e. The minimum atomic E-state index is -0.587. The maximum Gasteiger partial charge on any atom is 0.309 e. The maximum atomic E-state index is 11.4. The molecule has 0 aromatic carbocycles. The zero-order valence-electron chi connectivity index (χ0n) is 11.5. The van der Waals surface area contributed by atoms with E-state index in [9.17, 15) is 9.90 Å². The predicted molar refractivity (Wildman–Crippen MR) is 70.5 cm³/mol. The van der Waals surface area contributed by atoms with Crippen LogP contribution in [0.25, 0.3) is 0 Å². The van der Waals surface area contributed by atoms with Gasteiger partial charge in [-0.15, -0.1) is 0 Å². The van der Waals surface area contributed by atoms with Crippen molar-refractivity contribution in [2.45, 2.75) is 58.3 Å². The highest BCUT2D eigenvalue weighted by atomic mass is 16.5. The van der Waals surface area contributed by atoms with Crippen LogP contribution in [0.5, 0.6) is 0 Å². The van der Waals surface area contributed by atoms with Gasteiger partial charge in [0.2, 0.25) is 0 Å². The van der Waals surface area contributed by atoms with E-state index in [4.69, 9.17) is 4.74 Å². The van der Waals surface area contributed by atoms with Gasteiger partial charge in [0.05, 0.1) is 5.41 Å². The first-order valence-electron chi connectivity index (χ1n) is 7.44. The van der Waals surface area contributed by atoms with E-state index in [1.54, 1.807) is 0 Å². The number of rotatable bonds is 7. The molecule has 1 atom stereocenters. The van der Waals surface area contributed by atoms with Crippen molar-refractivity contribution in [2.24, 2.45) is 17.3 Å². The van der Waals surface area contributed by atoms with Gasteiger partial charge in [-0.3, -0.25) is 4.79 Å². The van der Waals surface area contributed by atoms with Crippen LogP contribution in [0, 0.1) is 17.3 Å². The van der Waals surface area contributed by atoms with Crippen LogP contribution >= 0.6 is 0 Å². The quantitative estimate of drug-likeness (QED) is 0.708. The van der Waals surface area contributed by atoms with E-state index >= 15 is 0 Å². The van der Waals surface area contributed by atoms with Crippen molar-refractivity contribution < 1.29 is 14.6 Å². The molecular weight excluding hydrogens is 228 g/mol. The zero-order valence-corrected chi connectivity index (χ0v) is 11.5. The van der Waals surface area contributed by atoms with Crippen molar-refractivity contribution in [1.82, 2.24) is 0 Å². The van der Waals surface area contributed by atoms with Gasteiger partial charge in [0.15, 0.2) is 0 Å². The molecule has 18 heavy (non-hydrogen) atoms. The summed E-state index contributed by atoms with van der Waals surface area (Å²) in [4.78, 5) is 11.4. The Kier molecular flexibility index (Phi) is 4.66. The highest BCUT2D eigenvalue weighted by Gasteiger charge is 2.46. The summed E-state index contributed by atoms with van der Waals surface area (Å²) in [6.45, 7) is 3.78. The molecule has 3 heteroatoms. The van der Waals surface area contributed by atoms with Crippen LogP contribution in [-0.2, 0) is 9.53 Å². The van der Waals surface area contributed by atoms with Crippen LogP contribution in [0.4, 0.5) is 0 Å². The highest BCUT2D eigenvalue weighted by Crippen LogP contribution is 2.48. The Morgan fingerprint density at radius 1 is 1.22 bits per heavy atom. The van der Waals surface area contributed by atoms with Crippen molar-refractivity contribution in [2.75, 3.05) is 13.2 Å². The first-order valence-corrected chi connectivity index (χ1v) is 7.44. The fourth-order valence-electron chi connectivity index (χ4n) is 3.17. The molecule has 1 aliphatic heterocycles. The lowest BCUT2D eigenvalue weighted by Crippen LogP contribution is -2.29. The molecule has 2 rings (SSSR count). The SMILES string of the molecule is CC(CCCCC1CCOCC1)(C(=O)O)C1CC1. The average molecular weight is 254 g/mol. The summed E-state index contributed by atoms with van der Waals surface area (Å²) in [5.74, 6) is 0.671. The summed E-state index contributed by atoms with van der Waals surface area (Å²) in [6.07, 6.45) is 8.97. The summed E-state index contributed by atoms with van der Waals surface area (Å²) in [5, 5.41) is 9.37. The number of carboxylic acids is 1. The molecule has 1 unspecified atom stereocenters. The molecule has 0 aromatic rings. The van der Waals surface area contributed by atoms with Crippen molar-refractivity contribution in [1.29, 1.82) is 0 Å². The largest absolute Gasteiger partial charge is 0.481 e. The molecule has 0 bridgehead atoms. The molecule has 1 heterocycles. The molecule has 1 aliphatic carbocycles. The number of carboxylic acid groups (broad SMARTS) is 1. The summed E-state index contributed by atoms with van der Waals surface area (Å²) < 4.78 is 5.35. The first kappa shape index (κ1) is 13.9. The molecule has 104 valence electrons. The third kappa shape index (κ3) is 3.47. The van der Waals surface area contributed by atoms with Gasteiger partial charge in [0.25, 0.3) is 0 Å². The van der Waals surface area contributed by atoms with Crippen molar-refractivity contribution in [3.63, 3.8) is 0 Å². The minimum absolute atomic E-state index is 0.443. The Morgan fingerprint density at radius 2 is 1.89 bits per heavy atom. The van der Waals surface area contributed by atoms with Crippen LogP contribution in [0.15, 0.2) is 0 Å². The topological polar surface area (TPSA) is 46.5 Å². The highest BCUT2D eigenvalue weighted by molar-refractivity contribution is 5.75. The lowest BCUT2D eigenvalue weighted by molar-refractivity contribution is -0.149. The molecule has 1 N–H and O–H groups in total. The van der Waals surface area contributed by atoms with E-state index in [1.807, 2.05) is 6.92 Å². The van der Waals surface area contributed by atoms with Crippen molar-refractivity contribution in [3.05, 3.63) is 0 Å². The van der Waals surface area contributed by atoms with E-state index in [2.05, 4.69) is 0 Å². The number of unbranched alkanes of at least 4 members (excludes halogenated alkanes) is 1. The normalized spacial score (nSPS) is 24.7. The molecule has 1 saturated heterocycles. The van der Waals surface area contributed by atoms with Crippen LogP contribution in [-0.4, -0.2) is 24.3 Å². The standard InChI is InChI=1S/C15H26O3/c1-15(14(16)17,13-5-6-13)9-3-2-4-12-7-10-18-11-8-12/h12-13H,2-11H2,1H3,(H,16,17). The van der Waals surface area contributed by atoms with E-state index in [1.165, 1.54) is 25.7 Å². The van der Waals surface area contributed by atoms with Crippen LogP contribution in [0.3, 0.4) is 0 Å². The lowest BCUT2D eigenvalue weighted by Gasteiger charge is -2.25. The van der Waals surface area contributed by atoms with Crippen LogP contribution in [0.1, 0.15) is 58.3 Å². The van der Waals surface area contributed by atoms with E-state index in [0.29, 0.717) is 5.92 Å². The van der Waals surface area contributed by atoms with Gasteiger partial charge in [-0.1, -0.05) is 19.3 Å². The second-order valence-electron chi connectivity index (χ2n) is 6.30. The van der Waals surface area contributed by atoms with Crippen LogP contribution < -0.4 is 0 Å². The van der Waals surface area contributed by atoms with Crippen molar-refractivity contribution in [3.8, 4) is 0 Å². The fraction of sp³-hybridized carbons (Fsp3) is 0.933. The molecule has 3 nitrogen and oxygen atoms in total. The molecule has 2 fully saturated rings. The van der Waals surface area contributed by atoms with Gasteiger partial charge in [-0.05, 0) is 50.9 Å². The number of aliphatic carboxylic acids is 1. The number of hydrogen-bond donors (Lipinski definition) is 1. The molecular formula is C15H26O3. The number of hydrogen-bond acceptors (Lipinski definition) is 2. The molecule has 0 spiro atoms. The van der Waals surface area contributed by atoms with E-state index in [-0.39, 0.29) is 0 Å². The maximum absolute atomic E-state index is 11.4. The van der Waals surface area contributed by atoms with Crippen LogP contribution in [0.2, 0.25) is 0 Å². The first-order chi connectivity index (χ1) is 8.63. The monoisotopic (exact) mass is 254 g/mol. The Hall–Kier alpha value is -0.570. The summed E-state index contributed by atoms with van der Waals surface area (Å²) >= 11 is 0. The smallest absolute Gasteiger partial charge is 0.309 e. The average Bonchev–Trinajstić information content (AvgIpc) is 3.20. The Balaban J connectivity index is 1.65. The van der Waals surface area contributed by atoms with E-state index < -0.39 is 11.4 Å². The van der Waals surface area contributed by atoms with Gasteiger partial charge in [0, 0.05) is 13.2 Å². The van der Waals surface area contributed by atoms with Gasteiger partial charge in [0.1, 0.15) is 0 Å². The summed E-state index contributed by atoms with van der Waals surface area (Å²) in [6, 6.07) is 0. The molecule has 1 saturated carbocycles. The van der Waals surface area contributed by atoms with Gasteiger partial charge < -0.3 is 9.84 Å². The van der Waals surface area contributed by atoms with E-state index in [0.717, 1.165) is 44.8 Å². The third-order valence-corrected chi connectivity index (χ3v) is 4.87. The molecule has 2 aliphatic rings. The Labute approximate surface area is 110 Å². The molecule has 0 aromatic heterocycles. The second kappa shape index (κ2) is 6.05. The summed E-state index contributed by atoms with van der Waals surface area (Å²) in [7, 11) is 0. The lowest BCUT2D eigenvalue weighted by atomic mass is 9.79. The number of carbonyl (C=O) groups is 1. The van der Waals surface area contributed by atoms with Gasteiger partial charge in [-0.2, -0.15) is 0 Å². The third-order valence-electron chi connectivity index (χ3n) is 4.87. The zero-order chi connectivity index (χ0) is 13.0. The Bertz CT molecular complexity index is 279.